The minimum Gasteiger partial charge on any atom is -0.493 e. The first-order valence-corrected chi connectivity index (χ1v) is 12.8. The number of amides is 1. The summed E-state index contributed by atoms with van der Waals surface area (Å²) in [5.74, 6) is 2.33. The zero-order chi connectivity index (χ0) is 27.1. The van der Waals surface area contributed by atoms with Gasteiger partial charge in [0.2, 0.25) is 5.75 Å². The number of hydrogen-bond acceptors (Lipinski definition) is 8. The van der Waals surface area contributed by atoms with Gasteiger partial charge in [-0.15, -0.1) is 0 Å². The Morgan fingerprint density at radius 1 is 0.842 bits per heavy atom. The molecular formula is C29H30N2O6S. The number of ether oxygens (including phenoxy) is 5. The van der Waals surface area contributed by atoms with E-state index in [4.69, 9.17) is 23.7 Å². The van der Waals surface area contributed by atoms with Crippen molar-refractivity contribution in [3.05, 3.63) is 65.2 Å². The Bertz CT molecular complexity index is 1440. The van der Waals surface area contributed by atoms with Crippen molar-refractivity contribution in [3.8, 4) is 28.7 Å². The quantitative estimate of drug-likeness (QED) is 0.233. The van der Waals surface area contributed by atoms with Crippen LogP contribution in [0.3, 0.4) is 0 Å². The van der Waals surface area contributed by atoms with Gasteiger partial charge in [0.05, 0.1) is 38.7 Å². The van der Waals surface area contributed by atoms with Crippen molar-refractivity contribution in [3.63, 3.8) is 0 Å². The number of thiazole rings is 1. The normalized spacial score (nSPS) is 11.0. The fourth-order valence-electron chi connectivity index (χ4n) is 3.84. The SMILES string of the molecule is CCc1ccc2sc(NC(=O)COc3cc(/C=C\c4cc(OC)c(OC)c(OC)c4)ccc3OC)nc2c1. The van der Waals surface area contributed by atoms with Crippen molar-refractivity contribution in [2.75, 3.05) is 40.4 Å². The van der Waals surface area contributed by atoms with E-state index in [0.29, 0.717) is 33.9 Å². The highest BCUT2D eigenvalue weighted by atomic mass is 32.1. The fourth-order valence-corrected chi connectivity index (χ4v) is 4.71. The number of benzene rings is 3. The number of carbonyl (C=O) groups excluding carboxylic acids is 1. The van der Waals surface area contributed by atoms with Gasteiger partial charge in [-0.2, -0.15) is 0 Å². The summed E-state index contributed by atoms with van der Waals surface area (Å²) in [5.41, 5.74) is 3.79. The van der Waals surface area contributed by atoms with Gasteiger partial charge in [0.25, 0.3) is 5.91 Å². The molecule has 0 bridgehead atoms. The maximum atomic E-state index is 12.6. The van der Waals surface area contributed by atoms with Crippen LogP contribution in [0, 0.1) is 0 Å². The smallest absolute Gasteiger partial charge is 0.264 e. The third-order valence-corrected chi connectivity index (χ3v) is 6.76. The highest BCUT2D eigenvalue weighted by Gasteiger charge is 2.13. The first kappa shape index (κ1) is 26.8. The Labute approximate surface area is 225 Å². The molecular weight excluding hydrogens is 504 g/mol. The average Bonchev–Trinajstić information content (AvgIpc) is 3.35. The molecule has 9 heteroatoms. The number of anilines is 1. The van der Waals surface area contributed by atoms with E-state index in [1.807, 2.05) is 48.6 Å². The number of nitrogens with one attached hydrogen (secondary N) is 1. The summed E-state index contributed by atoms with van der Waals surface area (Å²) in [4.78, 5) is 17.1. The molecule has 0 radical (unpaired) electrons. The van der Waals surface area contributed by atoms with Gasteiger partial charge in [-0.3, -0.25) is 10.1 Å². The molecule has 1 heterocycles. The highest BCUT2D eigenvalue weighted by Crippen LogP contribution is 2.39. The molecule has 4 aromatic rings. The number of nitrogens with zero attached hydrogens (tertiary/aromatic N) is 1. The second kappa shape index (κ2) is 12.3. The topological polar surface area (TPSA) is 88.1 Å². The van der Waals surface area contributed by atoms with Crippen LogP contribution in [0.5, 0.6) is 28.7 Å². The molecule has 198 valence electrons. The first-order chi connectivity index (χ1) is 18.5. The zero-order valence-corrected chi connectivity index (χ0v) is 22.8. The van der Waals surface area contributed by atoms with Crippen LogP contribution in [0.2, 0.25) is 0 Å². The molecule has 0 aliphatic heterocycles. The number of methoxy groups -OCH3 is 4. The van der Waals surface area contributed by atoms with Crippen LogP contribution in [0.1, 0.15) is 23.6 Å². The van der Waals surface area contributed by atoms with Crippen LogP contribution in [0.4, 0.5) is 5.13 Å². The third kappa shape index (κ3) is 6.18. The number of fused-ring (bicyclic) bond motifs is 1. The van der Waals surface area contributed by atoms with Crippen molar-refractivity contribution in [2.24, 2.45) is 0 Å². The highest BCUT2D eigenvalue weighted by molar-refractivity contribution is 7.22. The van der Waals surface area contributed by atoms with E-state index in [-0.39, 0.29) is 12.5 Å². The third-order valence-electron chi connectivity index (χ3n) is 5.81. The van der Waals surface area contributed by atoms with E-state index in [9.17, 15) is 4.79 Å². The molecule has 38 heavy (non-hydrogen) atoms. The minimum absolute atomic E-state index is 0.188. The zero-order valence-electron chi connectivity index (χ0n) is 22.0. The molecule has 0 unspecified atom stereocenters. The van der Waals surface area contributed by atoms with Gasteiger partial charge in [-0.05, 0) is 59.5 Å². The maximum Gasteiger partial charge on any atom is 0.264 e. The molecule has 0 atom stereocenters. The fraction of sp³-hybridized carbons (Fsp3) is 0.241. The van der Waals surface area contributed by atoms with Crippen LogP contribution in [-0.2, 0) is 11.2 Å². The molecule has 0 aliphatic rings. The lowest BCUT2D eigenvalue weighted by Crippen LogP contribution is -2.20. The van der Waals surface area contributed by atoms with E-state index >= 15 is 0 Å². The van der Waals surface area contributed by atoms with Gasteiger partial charge in [0, 0.05) is 0 Å². The summed E-state index contributed by atoms with van der Waals surface area (Å²) in [7, 11) is 6.27. The van der Waals surface area contributed by atoms with E-state index in [1.165, 1.54) is 16.9 Å². The number of aryl methyl sites for hydroxylation is 1. The second-order valence-electron chi connectivity index (χ2n) is 8.21. The summed E-state index contributed by atoms with van der Waals surface area (Å²) >= 11 is 1.43. The van der Waals surface area contributed by atoms with Gasteiger partial charge in [-0.25, -0.2) is 4.98 Å². The van der Waals surface area contributed by atoms with Crippen molar-refractivity contribution in [1.29, 1.82) is 0 Å². The van der Waals surface area contributed by atoms with Gasteiger partial charge in [0.15, 0.2) is 34.7 Å². The van der Waals surface area contributed by atoms with Gasteiger partial charge in [0.1, 0.15) is 0 Å². The lowest BCUT2D eigenvalue weighted by atomic mass is 10.1. The number of rotatable bonds is 11. The molecule has 8 nitrogen and oxygen atoms in total. The number of hydrogen-bond donors (Lipinski definition) is 1. The second-order valence-corrected chi connectivity index (χ2v) is 9.24. The van der Waals surface area contributed by atoms with Crippen LogP contribution in [0.25, 0.3) is 22.4 Å². The molecule has 1 N–H and O–H groups in total. The summed E-state index contributed by atoms with van der Waals surface area (Å²) in [6, 6.07) is 15.4. The molecule has 3 aromatic carbocycles. The van der Waals surface area contributed by atoms with E-state index in [0.717, 1.165) is 27.8 Å². The summed E-state index contributed by atoms with van der Waals surface area (Å²) in [5, 5.41) is 3.36. The lowest BCUT2D eigenvalue weighted by Gasteiger charge is -2.13. The maximum absolute atomic E-state index is 12.6. The molecule has 0 spiro atoms. The largest absolute Gasteiger partial charge is 0.493 e. The molecule has 0 fully saturated rings. The van der Waals surface area contributed by atoms with Gasteiger partial charge in [-0.1, -0.05) is 42.5 Å². The number of aromatic nitrogens is 1. The predicted octanol–water partition coefficient (Wildman–Crippen LogP) is 6.08. The lowest BCUT2D eigenvalue weighted by molar-refractivity contribution is -0.118. The Morgan fingerprint density at radius 2 is 1.53 bits per heavy atom. The van der Waals surface area contributed by atoms with Crippen LogP contribution >= 0.6 is 11.3 Å². The van der Waals surface area contributed by atoms with Crippen molar-refractivity contribution in [2.45, 2.75) is 13.3 Å². The molecule has 0 saturated carbocycles. The van der Waals surface area contributed by atoms with E-state index in [2.05, 4.69) is 23.3 Å². The molecule has 1 amide bonds. The Morgan fingerprint density at radius 3 is 2.18 bits per heavy atom. The Kier molecular flexibility index (Phi) is 8.70. The molecule has 1 aromatic heterocycles. The van der Waals surface area contributed by atoms with E-state index in [1.54, 1.807) is 34.5 Å². The average molecular weight is 535 g/mol. The Hall–Kier alpha value is -4.24. The van der Waals surface area contributed by atoms with Crippen molar-refractivity contribution in [1.82, 2.24) is 4.98 Å². The minimum atomic E-state index is -0.305. The first-order valence-electron chi connectivity index (χ1n) is 12.0. The van der Waals surface area contributed by atoms with Gasteiger partial charge >= 0.3 is 0 Å². The molecule has 4 rings (SSSR count). The van der Waals surface area contributed by atoms with E-state index < -0.39 is 0 Å². The summed E-state index contributed by atoms with van der Waals surface area (Å²) < 4.78 is 28.5. The summed E-state index contributed by atoms with van der Waals surface area (Å²) in [6.45, 7) is 1.91. The van der Waals surface area contributed by atoms with Crippen molar-refractivity contribution < 1.29 is 28.5 Å². The Balaban J connectivity index is 1.46. The van der Waals surface area contributed by atoms with Crippen LogP contribution in [-0.4, -0.2) is 45.9 Å². The molecule has 0 aliphatic carbocycles. The number of carbonyl (C=O) groups is 1. The van der Waals surface area contributed by atoms with Crippen molar-refractivity contribution >= 4 is 44.7 Å². The standard InChI is InChI=1S/C29H30N2O6S/c1-6-18-10-12-26-21(13-18)30-29(38-26)31-27(32)17-37-23-14-19(9-11-22(23)33-2)7-8-20-15-24(34-3)28(36-5)25(16-20)35-4/h7-16H,6,17H2,1-5H3,(H,30,31,32)/b8-7-. The predicted molar refractivity (Wildman–Crippen MR) is 151 cm³/mol. The summed E-state index contributed by atoms with van der Waals surface area (Å²) in [6.07, 6.45) is 4.76. The van der Waals surface area contributed by atoms with Gasteiger partial charge < -0.3 is 23.7 Å². The van der Waals surface area contributed by atoms with Crippen LogP contribution in [0.15, 0.2) is 48.5 Å². The molecule has 0 saturated heterocycles. The van der Waals surface area contributed by atoms with Crippen LogP contribution < -0.4 is 29.0 Å². The monoisotopic (exact) mass is 534 g/mol.